The van der Waals surface area contributed by atoms with Crippen molar-refractivity contribution in [2.45, 2.75) is 25.8 Å². The van der Waals surface area contributed by atoms with Crippen LogP contribution in [-0.2, 0) is 0 Å². The van der Waals surface area contributed by atoms with Crippen LogP contribution in [0.3, 0.4) is 0 Å². The minimum absolute atomic E-state index is 0.576. The lowest BCUT2D eigenvalue weighted by molar-refractivity contribution is 0.393. The van der Waals surface area contributed by atoms with Crippen LogP contribution in [0.5, 0.6) is 11.5 Å². The molecule has 1 N–H and O–H groups in total. The summed E-state index contributed by atoms with van der Waals surface area (Å²) in [5.74, 6) is 1.73. The third-order valence-electron chi connectivity index (χ3n) is 3.66. The highest BCUT2D eigenvalue weighted by atomic mass is 16.5. The molecular weight excluding hydrogens is 240 g/mol. The van der Waals surface area contributed by atoms with Gasteiger partial charge in [0.15, 0.2) is 0 Å². The van der Waals surface area contributed by atoms with Crippen LogP contribution >= 0.6 is 0 Å². The smallest absolute Gasteiger partial charge is 0.145 e. The summed E-state index contributed by atoms with van der Waals surface area (Å²) < 4.78 is 10.8. The molecular formula is C15H24N2O2. The normalized spacial score (nSPS) is 20.6. The molecule has 106 valence electrons. The standard InChI is InChI=1S/C15H24N2O2/c1-12-7-10-17(9-4-8-16-12)14-6-5-13(18-2)11-15(14)19-3/h5-6,11-12,16H,4,7-10H2,1-3H3. The van der Waals surface area contributed by atoms with Crippen LogP contribution in [-0.4, -0.2) is 39.9 Å². The van der Waals surface area contributed by atoms with Crippen LogP contribution in [0.4, 0.5) is 5.69 Å². The predicted octanol–water partition coefficient (Wildman–Crippen LogP) is 2.28. The Morgan fingerprint density at radius 2 is 2.05 bits per heavy atom. The summed E-state index contributed by atoms with van der Waals surface area (Å²) in [6, 6.07) is 6.62. The number of hydrogen-bond donors (Lipinski definition) is 1. The molecule has 0 radical (unpaired) electrons. The van der Waals surface area contributed by atoms with Gasteiger partial charge in [0.1, 0.15) is 11.5 Å². The molecule has 0 amide bonds. The van der Waals surface area contributed by atoms with Gasteiger partial charge in [0.05, 0.1) is 19.9 Å². The lowest BCUT2D eigenvalue weighted by atomic mass is 10.1. The highest BCUT2D eigenvalue weighted by molar-refractivity contribution is 5.61. The van der Waals surface area contributed by atoms with Gasteiger partial charge in [0, 0.05) is 25.2 Å². The third-order valence-corrected chi connectivity index (χ3v) is 3.66. The highest BCUT2D eigenvalue weighted by Crippen LogP contribution is 2.32. The average Bonchev–Trinajstić information content (AvgIpc) is 2.43. The van der Waals surface area contributed by atoms with Crippen LogP contribution in [0.2, 0.25) is 0 Å². The van der Waals surface area contributed by atoms with Gasteiger partial charge in [0.25, 0.3) is 0 Å². The van der Waals surface area contributed by atoms with E-state index in [4.69, 9.17) is 9.47 Å². The minimum atomic E-state index is 0.576. The molecule has 1 saturated heterocycles. The Hall–Kier alpha value is -1.42. The van der Waals surface area contributed by atoms with Crippen molar-refractivity contribution in [2.75, 3.05) is 38.8 Å². The molecule has 4 nitrogen and oxygen atoms in total. The van der Waals surface area contributed by atoms with Gasteiger partial charge >= 0.3 is 0 Å². The maximum Gasteiger partial charge on any atom is 0.145 e. The topological polar surface area (TPSA) is 33.7 Å². The van der Waals surface area contributed by atoms with Crippen molar-refractivity contribution in [1.82, 2.24) is 5.32 Å². The Morgan fingerprint density at radius 1 is 1.21 bits per heavy atom. The molecule has 0 bridgehead atoms. The molecule has 1 aromatic rings. The van der Waals surface area contributed by atoms with E-state index < -0.39 is 0 Å². The fraction of sp³-hybridized carbons (Fsp3) is 0.600. The van der Waals surface area contributed by atoms with Crippen LogP contribution in [0.1, 0.15) is 19.8 Å². The molecule has 0 saturated carbocycles. The first-order chi connectivity index (χ1) is 9.24. The Balaban J connectivity index is 2.18. The fourth-order valence-corrected chi connectivity index (χ4v) is 2.47. The van der Waals surface area contributed by atoms with Gasteiger partial charge in [0.2, 0.25) is 0 Å². The molecule has 1 aliphatic rings. The van der Waals surface area contributed by atoms with Crippen LogP contribution in [0.25, 0.3) is 0 Å². The average molecular weight is 264 g/mol. The van der Waals surface area contributed by atoms with E-state index in [2.05, 4.69) is 23.2 Å². The van der Waals surface area contributed by atoms with E-state index in [0.717, 1.165) is 49.7 Å². The van der Waals surface area contributed by atoms with Gasteiger partial charge in [-0.2, -0.15) is 0 Å². The first-order valence-corrected chi connectivity index (χ1v) is 6.95. The number of ether oxygens (including phenoxy) is 2. The summed E-state index contributed by atoms with van der Waals surface area (Å²) in [6.07, 6.45) is 2.30. The van der Waals surface area contributed by atoms with Crippen LogP contribution in [0, 0.1) is 0 Å². The highest BCUT2D eigenvalue weighted by Gasteiger charge is 2.16. The first-order valence-electron chi connectivity index (χ1n) is 6.95. The van der Waals surface area contributed by atoms with Gasteiger partial charge < -0.3 is 19.7 Å². The summed E-state index contributed by atoms with van der Waals surface area (Å²) in [4.78, 5) is 2.41. The van der Waals surface area contributed by atoms with Crippen LogP contribution in [0.15, 0.2) is 18.2 Å². The monoisotopic (exact) mass is 264 g/mol. The third kappa shape index (κ3) is 3.53. The number of methoxy groups -OCH3 is 2. The Labute approximate surface area is 115 Å². The van der Waals surface area contributed by atoms with Crippen LogP contribution < -0.4 is 19.7 Å². The quantitative estimate of drug-likeness (QED) is 0.908. The molecule has 0 spiro atoms. The molecule has 19 heavy (non-hydrogen) atoms. The summed E-state index contributed by atoms with van der Waals surface area (Å²) in [5, 5.41) is 3.53. The van der Waals surface area contributed by atoms with Crippen molar-refractivity contribution >= 4 is 5.69 Å². The number of nitrogens with zero attached hydrogens (tertiary/aromatic N) is 1. The van der Waals surface area contributed by atoms with Crippen molar-refractivity contribution in [3.05, 3.63) is 18.2 Å². The SMILES string of the molecule is COc1ccc(N2CCCNC(C)CC2)c(OC)c1. The van der Waals surface area contributed by atoms with E-state index in [1.165, 1.54) is 0 Å². The maximum absolute atomic E-state index is 5.50. The first kappa shape index (κ1) is 14.0. The molecule has 1 aromatic carbocycles. The molecule has 1 atom stereocenters. The number of nitrogens with one attached hydrogen (secondary N) is 1. The van der Waals surface area contributed by atoms with E-state index >= 15 is 0 Å². The van der Waals surface area contributed by atoms with Gasteiger partial charge in [-0.25, -0.2) is 0 Å². The predicted molar refractivity (Wildman–Crippen MR) is 78.5 cm³/mol. The number of benzene rings is 1. The number of hydrogen-bond acceptors (Lipinski definition) is 4. The molecule has 1 heterocycles. The Bertz CT molecular complexity index is 409. The van der Waals surface area contributed by atoms with Gasteiger partial charge in [-0.1, -0.05) is 0 Å². The number of rotatable bonds is 3. The van der Waals surface area contributed by atoms with Crippen molar-refractivity contribution in [1.29, 1.82) is 0 Å². The summed E-state index contributed by atoms with van der Waals surface area (Å²) in [5.41, 5.74) is 1.16. The van der Waals surface area contributed by atoms with Crippen molar-refractivity contribution in [2.24, 2.45) is 0 Å². The van der Waals surface area contributed by atoms with E-state index in [0.29, 0.717) is 6.04 Å². The second-order valence-electron chi connectivity index (χ2n) is 5.02. The zero-order chi connectivity index (χ0) is 13.7. The van der Waals surface area contributed by atoms with E-state index in [9.17, 15) is 0 Å². The van der Waals surface area contributed by atoms with Gasteiger partial charge in [-0.3, -0.25) is 0 Å². The number of anilines is 1. The molecule has 0 aromatic heterocycles. The molecule has 0 aliphatic carbocycles. The summed E-state index contributed by atoms with van der Waals surface area (Å²) >= 11 is 0. The van der Waals surface area contributed by atoms with E-state index in [1.807, 2.05) is 12.1 Å². The largest absolute Gasteiger partial charge is 0.497 e. The van der Waals surface area contributed by atoms with E-state index in [-0.39, 0.29) is 0 Å². The second-order valence-corrected chi connectivity index (χ2v) is 5.02. The van der Waals surface area contributed by atoms with Gasteiger partial charge in [-0.05, 0) is 38.4 Å². The Kier molecular flexibility index (Phi) is 4.91. The molecule has 2 rings (SSSR count). The fourth-order valence-electron chi connectivity index (χ4n) is 2.47. The van der Waals surface area contributed by atoms with E-state index in [1.54, 1.807) is 14.2 Å². The maximum atomic E-state index is 5.50. The summed E-state index contributed by atoms with van der Waals surface area (Å²) in [6.45, 7) is 5.43. The lowest BCUT2D eigenvalue weighted by Crippen LogP contribution is -2.38. The molecule has 1 fully saturated rings. The molecule has 1 unspecified atom stereocenters. The molecule has 1 aliphatic heterocycles. The van der Waals surface area contributed by atoms with Crippen molar-refractivity contribution in [3.63, 3.8) is 0 Å². The van der Waals surface area contributed by atoms with Crippen molar-refractivity contribution < 1.29 is 9.47 Å². The lowest BCUT2D eigenvalue weighted by Gasteiger charge is -2.30. The molecule has 4 heteroatoms. The second kappa shape index (κ2) is 6.66. The Morgan fingerprint density at radius 3 is 2.79 bits per heavy atom. The summed E-state index contributed by atoms with van der Waals surface area (Å²) in [7, 11) is 3.39. The van der Waals surface area contributed by atoms with Crippen molar-refractivity contribution in [3.8, 4) is 11.5 Å². The zero-order valence-corrected chi connectivity index (χ0v) is 12.1. The van der Waals surface area contributed by atoms with Gasteiger partial charge in [-0.15, -0.1) is 0 Å². The minimum Gasteiger partial charge on any atom is -0.497 e. The zero-order valence-electron chi connectivity index (χ0n) is 12.1.